The maximum absolute atomic E-state index is 12.4. The lowest BCUT2D eigenvalue weighted by molar-refractivity contribution is -0.114. The third-order valence-electron chi connectivity index (χ3n) is 3.46. The summed E-state index contributed by atoms with van der Waals surface area (Å²) in [6, 6.07) is 7.02. The summed E-state index contributed by atoms with van der Waals surface area (Å²) in [6.45, 7) is 5.39. The Kier molecular flexibility index (Phi) is 5.20. The van der Waals surface area contributed by atoms with Crippen molar-refractivity contribution >= 4 is 29.1 Å². The van der Waals surface area contributed by atoms with E-state index in [-0.39, 0.29) is 17.7 Å². The van der Waals surface area contributed by atoms with Gasteiger partial charge >= 0.3 is 0 Å². The molecule has 1 fully saturated rings. The molecule has 1 N–H and O–H groups in total. The van der Waals surface area contributed by atoms with Gasteiger partial charge in [-0.2, -0.15) is 11.8 Å². The summed E-state index contributed by atoms with van der Waals surface area (Å²) >= 11 is 1.94. The van der Waals surface area contributed by atoms with Crippen LogP contribution in [0.1, 0.15) is 24.2 Å². The molecule has 1 aromatic carbocycles. The number of nitrogens with one attached hydrogen (secondary N) is 1. The molecular formula is C15H20N2O2S. The van der Waals surface area contributed by atoms with Crippen LogP contribution in [0.5, 0.6) is 0 Å². The van der Waals surface area contributed by atoms with Crippen LogP contribution in [0.4, 0.5) is 5.69 Å². The Morgan fingerprint density at radius 1 is 1.20 bits per heavy atom. The molecule has 0 radical (unpaired) electrons. The Morgan fingerprint density at radius 2 is 1.80 bits per heavy atom. The zero-order chi connectivity index (χ0) is 14.5. The summed E-state index contributed by atoms with van der Waals surface area (Å²) in [5, 5.41) is 2.70. The number of carbonyl (C=O) groups is 2. The Hall–Kier alpha value is -1.33. The molecule has 1 aromatic rings. The monoisotopic (exact) mass is 292 g/mol. The normalized spacial score (nSPS) is 17.5. The first-order chi connectivity index (χ1) is 9.58. The van der Waals surface area contributed by atoms with Crippen LogP contribution >= 0.6 is 11.8 Å². The second-order valence-corrected chi connectivity index (χ2v) is 6.17. The number of carbonyl (C=O) groups excluding carboxylic acids is 2. The Bertz CT molecular complexity index is 481. The second-order valence-electron chi connectivity index (χ2n) is 4.95. The van der Waals surface area contributed by atoms with E-state index < -0.39 is 0 Å². The zero-order valence-electron chi connectivity index (χ0n) is 11.9. The molecule has 0 aromatic heterocycles. The first kappa shape index (κ1) is 15.1. The van der Waals surface area contributed by atoms with E-state index in [0.29, 0.717) is 5.56 Å². The van der Waals surface area contributed by atoms with Crippen LogP contribution in [0, 0.1) is 0 Å². The van der Waals surface area contributed by atoms with Crippen LogP contribution in [-0.2, 0) is 4.79 Å². The fraction of sp³-hybridized carbons (Fsp3) is 0.467. The van der Waals surface area contributed by atoms with Gasteiger partial charge in [-0.3, -0.25) is 14.5 Å². The van der Waals surface area contributed by atoms with E-state index >= 15 is 0 Å². The Balaban J connectivity index is 2.02. The SMILES string of the molecule is CC(=O)Nc1ccc(C(=O)C(C)N2CCSCC2)cc1. The average Bonchev–Trinajstić information content (AvgIpc) is 2.47. The molecule has 0 spiro atoms. The summed E-state index contributed by atoms with van der Waals surface area (Å²) in [7, 11) is 0. The molecule has 108 valence electrons. The van der Waals surface area contributed by atoms with Crippen LogP contribution in [0.3, 0.4) is 0 Å². The summed E-state index contributed by atoms with van der Waals surface area (Å²) < 4.78 is 0. The van der Waals surface area contributed by atoms with Gasteiger partial charge in [0.05, 0.1) is 6.04 Å². The second kappa shape index (κ2) is 6.90. The van der Waals surface area contributed by atoms with Gasteiger partial charge in [0.15, 0.2) is 5.78 Å². The van der Waals surface area contributed by atoms with Gasteiger partial charge < -0.3 is 5.32 Å². The average molecular weight is 292 g/mol. The molecule has 1 amide bonds. The van der Waals surface area contributed by atoms with E-state index in [2.05, 4.69) is 10.2 Å². The predicted molar refractivity (Wildman–Crippen MR) is 83.4 cm³/mol. The van der Waals surface area contributed by atoms with Gasteiger partial charge in [0.1, 0.15) is 0 Å². The lowest BCUT2D eigenvalue weighted by Gasteiger charge is -2.31. The van der Waals surface area contributed by atoms with E-state index in [1.165, 1.54) is 6.92 Å². The molecule has 5 heteroatoms. The first-order valence-electron chi connectivity index (χ1n) is 6.81. The smallest absolute Gasteiger partial charge is 0.221 e. The maximum Gasteiger partial charge on any atom is 0.221 e. The number of Topliss-reactive ketones (excluding diaryl/α,β-unsaturated/α-hetero) is 1. The van der Waals surface area contributed by atoms with Crippen molar-refractivity contribution in [3.8, 4) is 0 Å². The molecule has 1 heterocycles. The third kappa shape index (κ3) is 3.84. The third-order valence-corrected chi connectivity index (χ3v) is 4.41. The highest BCUT2D eigenvalue weighted by molar-refractivity contribution is 7.99. The lowest BCUT2D eigenvalue weighted by Crippen LogP contribution is -2.43. The highest BCUT2D eigenvalue weighted by atomic mass is 32.2. The van der Waals surface area contributed by atoms with Crippen LogP contribution in [0.15, 0.2) is 24.3 Å². The van der Waals surface area contributed by atoms with Crippen LogP contribution < -0.4 is 5.32 Å². The molecule has 1 aliphatic heterocycles. The zero-order valence-corrected chi connectivity index (χ0v) is 12.7. The number of hydrogen-bond donors (Lipinski definition) is 1. The standard InChI is InChI=1S/C15H20N2O2S/c1-11(17-7-9-20-10-8-17)15(19)13-3-5-14(6-4-13)16-12(2)18/h3-6,11H,7-10H2,1-2H3,(H,16,18). The number of anilines is 1. The van der Waals surface area contributed by atoms with Crippen molar-refractivity contribution in [2.45, 2.75) is 19.9 Å². The number of rotatable bonds is 4. The molecule has 1 atom stereocenters. The van der Waals surface area contributed by atoms with Crippen LogP contribution in [-0.4, -0.2) is 47.2 Å². The predicted octanol–water partition coefficient (Wildman–Crippen LogP) is 2.27. The number of thioether (sulfide) groups is 1. The molecule has 20 heavy (non-hydrogen) atoms. The Morgan fingerprint density at radius 3 is 2.35 bits per heavy atom. The maximum atomic E-state index is 12.4. The highest BCUT2D eigenvalue weighted by Crippen LogP contribution is 2.17. The molecule has 4 nitrogen and oxygen atoms in total. The van der Waals surface area contributed by atoms with Gasteiger partial charge in [-0.15, -0.1) is 0 Å². The quantitative estimate of drug-likeness (QED) is 0.865. The number of ketones is 1. The fourth-order valence-electron chi connectivity index (χ4n) is 2.29. The van der Waals surface area contributed by atoms with Crippen LogP contribution in [0.25, 0.3) is 0 Å². The van der Waals surface area contributed by atoms with E-state index in [0.717, 1.165) is 30.3 Å². The van der Waals surface area contributed by atoms with E-state index in [1.807, 2.05) is 18.7 Å². The van der Waals surface area contributed by atoms with Crippen molar-refractivity contribution in [3.63, 3.8) is 0 Å². The minimum Gasteiger partial charge on any atom is -0.326 e. The van der Waals surface area contributed by atoms with E-state index in [9.17, 15) is 9.59 Å². The molecule has 1 aliphatic rings. The summed E-state index contributed by atoms with van der Waals surface area (Å²) in [4.78, 5) is 25.6. The lowest BCUT2D eigenvalue weighted by atomic mass is 10.0. The first-order valence-corrected chi connectivity index (χ1v) is 7.97. The largest absolute Gasteiger partial charge is 0.326 e. The van der Waals surface area contributed by atoms with Crippen molar-refractivity contribution < 1.29 is 9.59 Å². The van der Waals surface area contributed by atoms with Gasteiger partial charge in [-0.05, 0) is 31.2 Å². The van der Waals surface area contributed by atoms with Gasteiger partial charge in [-0.25, -0.2) is 0 Å². The van der Waals surface area contributed by atoms with Crippen molar-refractivity contribution in [1.82, 2.24) is 4.90 Å². The van der Waals surface area contributed by atoms with Crippen molar-refractivity contribution in [3.05, 3.63) is 29.8 Å². The van der Waals surface area contributed by atoms with Crippen LogP contribution in [0.2, 0.25) is 0 Å². The molecule has 0 aliphatic carbocycles. The summed E-state index contributed by atoms with van der Waals surface area (Å²) in [5.74, 6) is 2.23. The molecule has 0 saturated carbocycles. The molecule has 2 rings (SSSR count). The number of benzene rings is 1. The molecule has 1 saturated heterocycles. The molecule has 1 unspecified atom stereocenters. The van der Waals surface area contributed by atoms with E-state index in [1.54, 1.807) is 24.3 Å². The Labute approximate surface area is 123 Å². The molecule has 0 bridgehead atoms. The highest BCUT2D eigenvalue weighted by Gasteiger charge is 2.23. The minimum absolute atomic E-state index is 0.0810. The van der Waals surface area contributed by atoms with Crippen molar-refractivity contribution in [2.24, 2.45) is 0 Å². The van der Waals surface area contributed by atoms with Gasteiger partial charge in [0.25, 0.3) is 0 Å². The van der Waals surface area contributed by atoms with Gasteiger partial charge in [0, 0.05) is 42.8 Å². The minimum atomic E-state index is -0.108. The van der Waals surface area contributed by atoms with Crippen molar-refractivity contribution in [1.29, 1.82) is 0 Å². The number of hydrogen-bond acceptors (Lipinski definition) is 4. The fourth-order valence-corrected chi connectivity index (χ4v) is 3.22. The summed E-state index contributed by atoms with van der Waals surface area (Å²) in [6.07, 6.45) is 0. The van der Waals surface area contributed by atoms with Crippen molar-refractivity contribution in [2.75, 3.05) is 29.9 Å². The van der Waals surface area contributed by atoms with Gasteiger partial charge in [0.2, 0.25) is 5.91 Å². The number of nitrogens with zero attached hydrogens (tertiary/aromatic N) is 1. The topological polar surface area (TPSA) is 49.4 Å². The van der Waals surface area contributed by atoms with Gasteiger partial charge in [-0.1, -0.05) is 0 Å². The van der Waals surface area contributed by atoms with E-state index in [4.69, 9.17) is 0 Å². The summed E-state index contributed by atoms with van der Waals surface area (Å²) in [5.41, 5.74) is 1.42. The molecular weight excluding hydrogens is 272 g/mol. The number of amides is 1.